The number of nitrogens with one attached hydrogen (secondary N) is 2. The molecule has 31 heavy (non-hydrogen) atoms. The molecule has 1 saturated carbocycles. The number of piperidine rings is 1. The number of rotatable bonds is 5. The van der Waals surface area contributed by atoms with Gasteiger partial charge < -0.3 is 15.5 Å². The zero-order chi connectivity index (χ0) is 21.5. The van der Waals surface area contributed by atoms with Crippen molar-refractivity contribution in [3.05, 3.63) is 24.5 Å². The Morgan fingerprint density at radius 2 is 1.84 bits per heavy atom. The molecule has 0 unspecified atom stereocenters. The van der Waals surface area contributed by atoms with Crippen LogP contribution >= 0.6 is 24.0 Å². The molecule has 1 aliphatic carbocycles. The summed E-state index contributed by atoms with van der Waals surface area (Å²) >= 11 is 7.05. The summed E-state index contributed by atoms with van der Waals surface area (Å²) < 4.78 is 0. The van der Waals surface area contributed by atoms with Gasteiger partial charge >= 0.3 is 0 Å². The highest BCUT2D eigenvalue weighted by atomic mass is 32.2. The summed E-state index contributed by atoms with van der Waals surface area (Å²) in [6.07, 6.45) is 13.4. The predicted molar refractivity (Wildman–Crippen MR) is 130 cm³/mol. The van der Waals surface area contributed by atoms with Gasteiger partial charge in [-0.2, -0.15) is 4.98 Å². The Labute approximate surface area is 194 Å². The first-order chi connectivity index (χ1) is 15.2. The number of hydrogen-bond acceptors (Lipinski definition) is 7. The molecule has 0 spiro atoms. The van der Waals surface area contributed by atoms with Crippen molar-refractivity contribution in [3.8, 4) is 0 Å². The van der Waals surface area contributed by atoms with Gasteiger partial charge in [-0.1, -0.05) is 32.6 Å². The van der Waals surface area contributed by atoms with Crippen LogP contribution in [0.3, 0.4) is 0 Å². The molecule has 166 valence electrons. The summed E-state index contributed by atoms with van der Waals surface area (Å²) in [5.74, 6) is 2.12. The number of thiocarbonyl (C=S) groups is 1. The highest BCUT2D eigenvalue weighted by Gasteiger charge is 2.20. The third kappa shape index (κ3) is 6.74. The zero-order valence-electron chi connectivity index (χ0n) is 18.1. The number of hydrogen-bond donors (Lipinski definition) is 2. The van der Waals surface area contributed by atoms with Crippen LogP contribution in [0.5, 0.6) is 0 Å². The Morgan fingerprint density at radius 1 is 1.06 bits per heavy atom. The minimum absolute atomic E-state index is 0.431. The fraction of sp³-hybridized carbons (Fsp3) is 0.591. The van der Waals surface area contributed by atoms with Crippen molar-refractivity contribution in [2.75, 3.05) is 23.3 Å². The molecule has 7 nitrogen and oxygen atoms in total. The van der Waals surface area contributed by atoms with Crippen LogP contribution in [0.25, 0.3) is 0 Å². The molecule has 0 bridgehead atoms. The van der Waals surface area contributed by atoms with E-state index in [1.807, 2.05) is 12.1 Å². The zero-order valence-corrected chi connectivity index (χ0v) is 19.7. The number of anilines is 2. The van der Waals surface area contributed by atoms with E-state index in [0.717, 1.165) is 23.9 Å². The van der Waals surface area contributed by atoms with E-state index in [2.05, 4.69) is 32.4 Å². The minimum Gasteiger partial charge on any atom is -0.360 e. The van der Waals surface area contributed by atoms with Gasteiger partial charge in [-0.15, -0.1) is 0 Å². The van der Waals surface area contributed by atoms with Crippen LogP contribution in [-0.4, -0.2) is 44.2 Å². The quantitative estimate of drug-likeness (QED) is 0.288. The van der Waals surface area contributed by atoms with Gasteiger partial charge in [-0.05, 0) is 61.6 Å². The molecule has 4 rings (SSSR count). The van der Waals surface area contributed by atoms with Crippen LogP contribution in [0.4, 0.5) is 11.8 Å². The van der Waals surface area contributed by atoms with Crippen molar-refractivity contribution >= 4 is 40.9 Å². The highest BCUT2D eigenvalue weighted by molar-refractivity contribution is 7.99. The van der Waals surface area contributed by atoms with Crippen LogP contribution in [0.2, 0.25) is 0 Å². The van der Waals surface area contributed by atoms with Crippen molar-refractivity contribution < 1.29 is 0 Å². The molecule has 1 saturated heterocycles. The van der Waals surface area contributed by atoms with Gasteiger partial charge in [-0.25, -0.2) is 15.0 Å². The Morgan fingerprint density at radius 3 is 2.58 bits per heavy atom. The topological polar surface area (TPSA) is 78.9 Å². The molecule has 2 aromatic rings. The lowest BCUT2D eigenvalue weighted by Gasteiger charge is -2.32. The Balaban J connectivity index is 1.51. The molecular weight excluding hydrogens is 426 g/mol. The first kappa shape index (κ1) is 22.2. The van der Waals surface area contributed by atoms with E-state index in [1.54, 1.807) is 12.4 Å². The predicted octanol–water partition coefficient (Wildman–Crippen LogP) is 4.66. The van der Waals surface area contributed by atoms with Crippen LogP contribution < -0.4 is 15.5 Å². The Bertz CT molecular complexity index is 856. The van der Waals surface area contributed by atoms with Gasteiger partial charge in [-0.3, -0.25) is 0 Å². The van der Waals surface area contributed by atoms with Gasteiger partial charge in [0.2, 0.25) is 5.95 Å². The van der Waals surface area contributed by atoms with E-state index in [0.29, 0.717) is 28.2 Å². The van der Waals surface area contributed by atoms with E-state index in [-0.39, 0.29) is 0 Å². The highest BCUT2D eigenvalue weighted by Crippen LogP contribution is 2.29. The maximum absolute atomic E-state index is 5.61. The first-order valence-corrected chi connectivity index (χ1v) is 12.5. The monoisotopic (exact) mass is 457 g/mol. The second kappa shape index (κ2) is 11.0. The van der Waals surface area contributed by atoms with E-state index in [9.17, 15) is 0 Å². The third-order valence-electron chi connectivity index (χ3n) is 5.82. The van der Waals surface area contributed by atoms with Crippen molar-refractivity contribution in [1.29, 1.82) is 0 Å². The van der Waals surface area contributed by atoms with E-state index in [1.165, 1.54) is 63.1 Å². The molecule has 2 N–H and O–H groups in total. The van der Waals surface area contributed by atoms with Gasteiger partial charge in [0.1, 0.15) is 10.8 Å². The van der Waals surface area contributed by atoms with Crippen molar-refractivity contribution in [3.63, 3.8) is 0 Å². The lowest BCUT2D eigenvalue weighted by molar-refractivity contribution is 0.444. The SMILES string of the molecule is C[C@@H]1CCCN(c2cc(Sc3ncccn3)nc(NC(=S)NC3CCCCCC3)n2)C1. The standard InChI is InChI=1S/C22H31N7S2/c1-16-8-6-13-29(15-16)18-14-19(31-22-23-11-7-12-24-22)27-20(26-18)28-21(30)25-17-9-4-2-3-5-10-17/h7,11-12,14,16-17H,2-6,8-10,13,15H2,1H3,(H2,25,26,27,28,30)/t16-/m1/s1. The van der Waals surface area contributed by atoms with Crippen LogP contribution in [0.1, 0.15) is 58.3 Å². The lowest BCUT2D eigenvalue weighted by Crippen LogP contribution is -2.38. The van der Waals surface area contributed by atoms with Gasteiger partial charge in [0, 0.05) is 37.6 Å². The molecule has 1 atom stereocenters. The molecule has 0 radical (unpaired) electrons. The van der Waals surface area contributed by atoms with Crippen LogP contribution in [0.15, 0.2) is 34.7 Å². The van der Waals surface area contributed by atoms with E-state index >= 15 is 0 Å². The van der Waals surface area contributed by atoms with Gasteiger partial charge in [0.25, 0.3) is 0 Å². The molecule has 2 fully saturated rings. The second-order valence-corrected chi connectivity index (χ2v) is 9.90. The molecule has 0 aromatic carbocycles. The molecule has 0 amide bonds. The summed E-state index contributed by atoms with van der Waals surface area (Å²) in [6.45, 7) is 4.32. The van der Waals surface area contributed by atoms with Crippen molar-refractivity contribution in [2.45, 2.75) is 74.5 Å². The summed E-state index contributed by atoms with van der Waals surface area (Å²) in [6, 6.07) is 4.28. The summed E-state index contributed by atoms with van der Waals surface area (Å²) in [4.78, 5) is 20.5. The largest absolute Gasteiger partial charge is 0.360 e. The normalized spacial score (nSPS) is 20.2. The average Bonchev–Trinajstić information content (AvgIpc) is 3.03. The van der Waals surface area contributed by atoms with Gasteiger partial charge in [0.05, 0.1) is 0 Å². The molecule has 3 heterocycles. The maximum atomic E-state index is 5.61. The van der Waals surface area contributed by atoms with Gasteiger partial charge in [0.15, 0.2) is 10.3 Å². The smallest absolute Gasteiger partial charge is 0.232 e. The molecule has 9 heteroatoms. The summed E-state index contributed by atoms with van der Waals surface area (Å²) in [5.41, 5.74) is 0. The molecule has 2 aliphatic rings. The van der Waals surface area contributed by atoms with Crippen LogP contribution in [-0.2, 0) is 0 Å². The summed E-state index contributed by atoms with van der Waals surface area (Å²) in [7, 11) is 0. The fourth-order valence-electron chi connectivity index (χ4n) is 4.26. The number of nitrogens with zero attached hydrogens (tertiary/aromatic N) is 5. The van der Waals surface area contributed by atoms with Crippen LogP contribution in [0, 0.1) is 5.92 Å². The lowest BCUT2D eigenvalue weighted by atomic mass is 10.0. The average molecular weight is 458 g/mol. The molecule has 1 aliphatic heterocycles. The Kier molecular flexibility index (Phi) is 7.91. The third-order valence-corrected chi connectivity index (χ3v) is 6.86. The molecule has 2 aromatic heterocycles. The Hall–Kier alpha value is -2.00. The first-order valence-electron chi connectivity index (χ1n) is 11.3. The van der Waals surface area contributed by atoms with Crippen molar-refractivity contribution in [1.82, 2.24) is 25.3 Å². The van der Waals surface area contributed by atoms with E-state index in [4.69, 9.17) is 22.2 Å². The van der Waals surface area contributed by atoms with Crippen molar-refractivity contribution in [2.24, 2.45) is 5.92 Å². The second-order valence-electron chi connectivity index (χ2n) is 8.50. The number of aromatic nitrogens is 4. The van der Waals surface area contributed by atoms with E-state index < -0.39 is 0 Å². The maximum Gasteiger partial charge on any atom is 0.232 e. The summed E-state index contributed by atoms with van der Waals surface area (Å²) in [5, 5.41) is 8.81. The molecular formula is C22H31N7S2. The minimum atomic E-state index is 0.431. The fourth-order valence-corrected chi connectivity index (χ4v) is 5.23.